The van der Waals surface area contributed by atoms with Gasteiger partial charge in [-0.15, -0.1) is 23.1 Å². The van der Waals surface area contributed by atoms with E-state index in [4.69, 9.17) is 10.1 Å². The Morgan fingerprint density at radius 1 is 1.55 bits per heavy atom. The largest absolute Gasteiger partial charge is 0.477 e. The Morgan fingerprint density at radius 2 is 2.34 bits per heavy atom. The van der Waals surface area contributed by atoms with Crippen LogP contribution in [0.4, 0.5) is 5.13 Å². The molecule has 12 nitrogen and oxygen atoms in total. The molecule has 3 amide bonds. The summed E-state index contributed by atoms with van der Waals surface area (Å²) < 4.78 is 0. The number of hydrogen-bond donors (Lipinski definition) is 3. The van der Waals surface area contributed by atoms with Crippen molar-refractivity contribution >= 4 is 58.1 Å². The molecule has 0 aromatic carbocycles. The number of rotatable bonds is 8. The van der Waals surface area contributed by atoms with Crippen LogP contribution in [-0.4, -0.2) is 68.7 Å². The minimum Gasteiger partial charge on any atom is -0.477 e. The van der Waals surface area contributed by atoms with Crippen molar-refractivity contribution in [3.05, 3.63) is 22.8 Å². The molecule has 3 N–H and O–H groups in total. The molecule has 1 aromatic heterocycles. The lowest BCUT2D eigenvalue weighted by molar-refractivity contribution is -0.150. The summed E-state index contributed by atoms with van der Waals surface area (Å²) in [6, 6.07) is 0.743. The number of thioether (sulfide) groups is 1. The zero-order chi connectivity index (χ0) is 21.0. The molecule has 1 fully saturated rings. The number of nitrogens with one attached hydrogen (secondary N) is 2. The molecular formula is C15H12N6O6S2. The van der Waals surface area contributed by atoms with Crippen LogP contribution < -0.4 is 10.6 Å². The number of β-lactam (4-membered cyclic amide) rings is 1. The van der Waals surface area contributed by atoms with Crippen molar-refractivity contribution in [1.82, 2.24) is 15.2 Å². The highest BCUT2D eigenvalue weighted by Gasteiger charge is 2.53. The van der Waals surface area contributed by atoms with E-state index >= 15 is 0 Å². The lowest BCUT2D eigenvalue weighted by Gasteiger charge is -2.48. The molecule has 0 saturated carbocycles. The van der Waals surface area contributed by atoms with E-state index in [9.17, 15) is 24.3 Å². The van der Waals surface area contributed by atoms with Crippen molar-refractivity contribution in [1.29, 1.82) is 5.26 Å². The van der Waals surface area contributed by atoms with Crippen LogP contribution >= 0.6 is 23.1 Å². The first-order valence-corrected chi connectivity index (χ1v) is 9.82. The lowest BCUT2D eigenvalue weighted by atomic mass is 10.0. The van der Waals surface area contributed by atoms with Gasteiger partial charge in [0.25, 0.3) is 11.8 Å². The predicted molar refractivity (Wildman–Crippen MR) is 101 cm³/mol. The Kier molecular flexibility index (Phi) is 6.10. The number of nitriles is 1. The first-order chi connectivity index (χ1) is 14.0. The number of thiazole rings is 1. The van der Waals surface area contributed by atoms with E-state index in [0.717, 1.165) is 16.2 Å². The van der Waals surface area contributed by atoms with Gasteiger partial charge in [-0.1, -0.05) is 5.16 Å². The molecule has 2 atom stereocenters. The predicted octanol–water partition coefficient (Wildman–Crippen LogP) is -0.676. The van der Waals surface area contributed by atoms with Crippen LogP contribution in [-0.2, 0) is 24.0 Å². The van der Waals surface area contributed by atoms with Crippen LogP contribution in [0.15, 0.2) is 22.3 Å². The van der Waals surface area contributed by atoms with Crippen LogP contribution in [0.25, 0.3) is 0 Å². The lowest BCUT2D eigenvalue weighted by Crippen LogP contribution is -2.70. The average molecular weight is 436 g/mol. The quantitative estimate of drug-likeness (QED) is 0.157. The smallest absolute Gasteiger partial charge is 0.352 e. The monoisotopic (exact) mass is 436 g/mol. The number of oxime groups is 1. The first kappa shape index (κ1) is 20.3. The number of carboxylic acids is 1. The summed E-state index contributed by atoms with van der Waals surface area (Å²) in [5.41, 5.74) is -0.350. The summed E-state index contributed by atoms with van der Waals surface area (Å²) in [5.74, 6) is -2.21. The highest BCUT2D eigenvalue weighted by Crippen LogP contribution is 2.37. The molecule has 29 heavy (non-hydrogen) atoms. The molecule has 0 radical (unpaired) electrons. The molecule has 14 heteroatoms. The summed E-state index contributed by atoms with van der Waals surface area (Å²) in [4.78, 5) is 56.7. The van der Waals surface area contributed by atoms with Crippen molar-refractivity contribution in [2.24, 2.45) is 5.16 Å². The molecule has 2 aliphatic heterocycles. The third-order valence-electron chi connectivity index (χ3n) is 3.78. The van der Waals surface area contributed by atoms with Gasteiger partial charge in [-0.3, -0.25) is 19.3 Å². The van der Waals surface area contributed by atoms with Gasteiger partial charge in [-0.05, 0) is 6.08 Å². The summed E-state index contributed by atoms with van der Waals surface area (Å²) in [5, 5.41) is 27.3. The normalized spacial score (nSPS) is 20.5. The van der Waals surface area contributed by atoms with E-state index in [0.29, 0.717) is 12.2 Å². The zero-order valence-corrected chi connectivity index (χ0v) is 16.0. The minimum atomic E-state index is -1.22. The van der Waals surface area contributed by atoms with Gasteiger partial charge in [0.2, 0.25) is 13.0 Å². The van der Waals surface area contributed by atoms with Crippen LogP contribution in [0.3, 0.4) is 0 Å². The van der Waals surface area contributed by atoms with Crippen molar-refractivity contribution in [2.75, 3.05) is 17.7 Å². The molecular weight excluding hydrogens is 424 g/mol. The Labute approximate surface area is 171 Å². The maximum absolute atomic E-state index is 12.7. The van der Waals surface area contributed by atoms with E-state index in [2.05, 4.69) is 20.8 Å². The molecule has 150 valence electrons. The Balaban J connectivity index is 1.77. The second-order valence-electron chi connectivity index (χ2n) is 5.45. The minimum absolute atomic E-state index is 0.0702. The first-order valence-electron chi connectivity index (χ1n) is 7.90. The number of aromatic nitrogens is 1. The molecule has 1 saturated heterocycles. The Bertz CT molecular complexity index is 967. The van der Waals surface area contributed by atoms with Gasteiger partial charge in [-0.2, -0.15) is 5.26 Å². The number of fused-ring (bicyclic) bond motifs is 1. The summed E-state index contributed by atoms with van der Waals surface area (Å²) in [7, 11) is 0. The topological polar surface area (TPSA) is 174 Å². The second kappa shape index (κ2) is 8.71. The van der Waals surface area contributed by atoms with Crippen molar-refractivity contribution in [3.8, 4) is 6.07 Å². The highest BCUT2D eigenvalue weighted by molar-refractivity contribution is 8.00. The van der Waals surface area contributed by atoms with E-state index in [-0.39, 0.29) is 22.2 Å². The van der Waals surface area contributed by atoms with Crippen molar-refractivity contribution in [3.63, 3.8) is 0 Å². The number of carbonyl (C=O) groups is 4. The number of aliphatic carboxylic acids is 1. The molecule has 0 spiro atoms. The summed E-state index contributed by atoms with van der Waals surface area (Å²) in [6.07, 6.45) is 1.85. The molecule has 1 aromatic rings. The van der Waals surface area contributed by atoms with Gasteiger partial charge < -0.3 is 20.6 Å². The van der Waals surface area contributed by atoms with Gasteiger partial charge in [0, 0.05) is 11.1 Å². The highest BCUT2D eigenvalue weighted by atomic mass is 32.2. The van der Waals surface area contributed by atoms with Gasteiger partial charge in [0.15, 0.2) is 10.8 Å². The fourth-order valence-electron chi connectivity index (χ4n) is 2.58. The third kappa shape index (κ3) is 4.05. The van der Waals surface area contributed by atoms with Gasteiger partial charge in [-0.25, -0.2) is 9.78 Å². The number of anilines is 1. The van der Waals surface area contributed by atoms with E-state index in [1.807, 2.05) is 0 Å². The molecule has 1 unspecified atom stereocenters. The van der Waals surface area contributed by atoms with E-state index in [1.54, 1.807) is 6.07 Å². The van der Waals surface area contributed by atoms with Crippen molar-refractivity contribution < 1.29 is 29.1 Å². The molecule has 0 aliphatic carbocycles. The van der Waals surface area contributed by atoms with Crippen molar-refractivity contribution in [2.45, 2.75) is 11.4 Å². The standard InChI is InChI=1S/C15H12N6O6S2/c16-2-3-27-20-9(7-5-29-15(18-7)17-6-22)11(23)19-10-12(24)21-8(14(25)26)1-4-28-13(10)21/h1,5-6,10,13H,3-4H2,(H,19,23)(H,25,26)(H,17,18,22)/t10?,13-/m1/s1. The average Bonchev–Trinajstić information content (AvgIpc) is 3.16. The van der Waals surface area contributed by atoms with Crippen LogP contribution in [0.1, 0.15) is 5.69 Å². The van der Waals surface area contributed by atoms with E-state index < -0.39 is 35.8 Å². The number of carbonyl (C=O) groups excluding carboxylic acids is 3. The molecule has 3 rings (SSSR count). The number of hydrogen-bond acceptors (Lipinski definition) is 10. The number of carboxylic acid groups (broad SMARTS) is 1. The van der Waals surface area contributed by atoms with E-state index in [1.165, 1.54) is 23.2 Å². The Morgan fingerprint density at radius 3 is 3.03 bits per heavy atom. The second-order valence-corrected chi connectivity index (χ2v) is 7.46. The third-order valence-corrected chi connectivity index (χ3v) is 5.74. The zero-order valence-electron chi connectivity index (χ0n) is 14.4. The summed E-state index contributed by atoms with van der Waals surface area (Å²) in [6.45, 7) is -0.415. The van der Waals surface area contributed by atoms with Crippen LogP contribution in [0.2, 0.25) is 0 Å². The number of nitrogens with zero attached hydrogens (tertiary/aromatic N) is 4. The maximum Gasteiger partial charge on any atom is 0.352 e. The number of amides is 3. The summed E-state index contributed by atoms with van der Waals surface area (Å²) >= 11 is 2.33. The fourth-order valence-corrected chi connectivity index (χ4v) is 4.43. The maximum atomic E-state index is 12.7. The van der Waals surface area contributed by atoms with Crippen LogP contribution in [0.5, 0.6) is 0 Å². The molecule has 3 heterocycles. The van der Waals surface area contributed by atoms with Gasteiger partial charge in [0.05, 0.1) is 0 Å². The van der Waals surface area contributed by atoms with Crippen LogP contribution in [0, 0.1) is 11.3 Å². The molecule has 0 bridgehead atoms. The Hall–Kier alpha value is -3.44. The molecule has 2 aliphatic rings. The fraction of sp³-hybridized carbons (Fsp3) is 0.267. The van der Waals surface area contributed by atoms with Gasteiger partial charge >= 0.3 is 5.97 Å². The van der Waals surface area contributed by atoms with Gasteiger partial charge in [0.1, 0.15) is 28.9 Å². The SMILES string of the molecule is N#CCON=C(C(=O)NC1C(=O)N2C(C(=O)O)=CCS[C@H]12)c1csc(NC=O)n1.